The molecule has 0 saturated heterocycles. The molecule has 0 saturated carbocycles. The van der Waals surface area contributed by atoms with Crippen LogP contribution in [0, 0.1) is 5.82 Å². The number of halogens is 2. The van der Waals surface area contributed by atoms with Crippen LogP contribution in [-0.2, 0) is 0 Å². The van der Waals surface area contributed by atoms with Crippen LogP contribution >= 0.6 is 15.9 Å². The Morgan fingerprint density at radius 2 is 2.00 bits per heavy atom. The summed E-state index contributed by atoms with van der Waals surface area (Å²) in [6, 6.07) is 4.98. The van der Waals surface area contributed by atoms with Crippen molar-refractivity contribution < 1.29 is 9.50 Å². The minimum Gasteiger partial charge on any atom is -0.393 e. The van der Waals surface area contributed by atoms with E-state index in [1.807, 2.05) is 13.8 Å². The third-order valence-corrected chi connectivity index (χ3v) is 3.15. The average molecular weight is 304 g/mol. The van der Waals surface area contributed by atoms with Gasteiger partial charge in [-0.15, -0.1) is 0 Å². The molecule has 0 aliphatic heterocycles. The highest BCUT2D eigenvalue weighted by Gasteiger charge is 2.14. The zero-order valence-corrected chi connectivity index (χ0v) is 12.0. The Bertz CT molecular complexity index is 370. The van der Waals surface area contributed by atoms with Crippen LogP contribution in [0.2, 0.25) is 0 Å². The maximum atomic E-state index is 13.6. The molecule has 2 nitrogen and oxygen atoms in total. The molecule has 0 amide bonds. The second-order valence-electron chi connectivity index (χ2n) is 4.54. The molecule has 1 aromatic carbocycles. The Kier molecular flexibility index (Phi) is 5.56. The van der Waals surface area contributed by atoms with E-state index in [9.17, 15) is 9.50 Å². The van der Waals surface area contributed by atoms with Gasteiger partial charge in [0.2, 0.25) is 0 Å². The van der Waals surface area contributed by atoms with Gasteiger partial charge < -0.3 is 10.4 Å². The van der Waals surface area contributed by atoms with Crippen molar-refractivity contribution in [3.05, 3.63) is 34.1 Å². The van der Waals surface area contributed by atoms with Gasteiger partial charge in [-0.05, 0) is 45.4 Å². The van der Waals surface area contributed by atoms with E-state index >= 15 is 0 Å². The zero-order chi connectivity index (χ0) is 13.0. The Morgan fingerprint density at radius 1 is 1.35 bits per heavy atom. The quantitative estimate of drug-likeness (QED) is 0.874. The van der Waals surface area contributed by atoms with Crippen molar-refractivity contribution in [2.45, 2.75) is 45.4 Å². The van der Waals surface area contributed by atoms with E-state index in [-0.39, 0.29) is 24.0 Å². The predicted molar refractivity (Wildman–Crippen MR) is 71.4 cm³/mol. The smallest absolute Gasteiger partial charge is 0.128 e. The van der Waals surface area contributed by atoms with E-state index in [0.717, 1.165) is 4.47 Å². The van der Waals surface area contributed by atoms with Crippen LogP contribution in [0.25, 0.3) is 0 Å². The molecule has 0 heterocycles. The fourth-order valence-corrected chi connectivity index (χ4v) is 2.32. The van der Waals surface area contributed by atoms with Gasteiger partial charge in [-0.1, -0.05) is 15.9 Å². The van der Waals surface area contributed by atoms with Gasteiger partial charge in [0.1, 0.15) is 5.82 Å². The first-order valence-corrected chi connectivity index (χ1v) is 6.58. The van der Waals surface area contributed by atoms with Crippen molar-refractivity contribution in [2.24, 2.45) is 0 Å². The van der Waals surface area contributed by atoms with Gasteiger partial charge in [-0.2, -0.15) is 0 Å². The van der Waals surface area contributed by atoms with Crippen LogP contribution in [0.5, 0.6) is 0 Å². The van der Waals surface area contributed by atoms with Crippen molar-refractivity contribution in [1.29, 1.82) is 0 Å². The standard InChI is InChI=1S/C13H19BrFNO/c1-8(6-9(2)17)16-10(3)12-7-11(14)4-5-13(12)15/h4-5,7-10,16-17H,6H2,1-3H3. The summed E-state index contributed by atoms with van der Waals surface area (Å²) in [6.07, 6.45) is 0.303. The molecule has 4 heteroatoms. The average Bonchev–Trinajstić information content (AvgIpc) is 2.20. The summed E-state index contributed by atoms with van der Waals surface area (Å²) in [7, 11) is 0. The molecule has 0 fully saturated rings. The van der Waals surface area contributed by atoms with Gasteiger partial charge in [0.15, 0.2) is 0 Å². The first kappa shape index (κ1) is 14.6. The number of aliphatic hydroxyl groups excluding tert-OH is 1. The van der Waals surface area contributed by atoms with Gasteiger partial charge in [-0.3, -0.25) is 0 Å². The first-order valence-electron chi connectivity index (χ1n) is 5.79. The lowest BCUT2D eigenvalue weighted by atomic mass is 10.1. The minimum absolute atomic E-state index is 0.0822. The molecule has 1 rings (SSSR count). The number of hydrogen-bond acceptors (Lipinski definition) is 2. The molecule has 96 valence electrons. The molecule has 3 atom stereocenters. The lowest BCUT2D eigenvalue weighted by Gasteiger charge is -2.22. The second kappa shape index (κ2) is 6.47. The molecule has 1 aromatic rings. The second-order valence-corrected chi connectivity index (χ2v) is 5.46. The van der Waals surface area contributed by atoms with Gasteiger partial charge in [0.05, 0.1) is 6.10 Å². The predicted octanol–water partition coefficient (Wildman–Crippen LogP) is 3.40. The van der Waals surface area contributed by atoms with Crippen molar-refractivity contribution >= 4 is 15.9 Å². The summed E-state index contributed by atoms with van der Waals surface area (Å²) < 4.78 is 14.5. The van der Waals surface area contributed by atoms with Gasteiger partial charge in [-0.25, -0.2) is 4.39 Å². The molecule has 2 N–H and O–H groups in total. The van der Waals surface area contributed by atoms with Gasteiger partial charge >= 0.3 is 0 Å². The molecule has 0 bridgehead atoms. The molecule has 17 heavy (non-hydrogen) atoms. The SMILES string of the molecule is CC(O)CC(C)NC(C)c1cc(Br)ccc1F. The van der Waals surface area contributed by atoms with Crippen LogP contribution in [0.4, 0.5) is 4.39 Å². The van der Waals surface area contributed by atoms with E-state index in [4.69, 9.17) is 0 Å². The molecular weight excluding hydrogens is 285 g/mol. The lowest BCUT2D eigenvalue weighted by Crippen LogP contribution is -2.31. The highest BCUT2D eigenvalue weighted by Crippen LogP contribution is 2.22. The molecule has 0 radical (unpaired) electrons. The molecular formula is C13H19BrFNO. The van der Waals surface area contributed by atoms with E-state index < -0.39 is 0 Å². The van der Waals surface area contributed by atoms with Gasteiger partial charge in [0, 0.05) is 22.1 Å². The number of rotatable bonds is 5. The molecule has 0 aliphatic carbocycles. The van der Waals surface area contributed by atoms with E-state index in [1.54, 1.807) is 19.1 Å². The third kappa shape index (κ3) is 4.74. The Balaban J connectivity index is 2.69. The van der Waals surface area contributed by atoms with Crippen molar-refractivity contribution in [2.75, 3.05) is 0 Å². The van der Waals surface area contributed by atoms with Gasteiger partial charge in [0.25, 0.3) is 0 Å². The molecule has 0 spiro atoms. The summed E-state index contributed by atoms with van der Waals surface area (Å²) in [4.78, 5) is 0. The normalized spacial score (nSPS) is 16.6. The number of aliphatic hydroxyl groups is 1. The summed E-state index contributed by atoms with van der Waals surface area (Å²) >= 11 is 3.34. The summed E-state index contributed by atoms with van der Waals surface area (Å²) in [5, 5.41) is 12.6. The van der Waals surface area contributed by atoms with Crippen LogP contribution in [0.3, 0.4) is 0 Å². The highest BCUT2D eigenvalue weighted by atomic mass is 79.9. The summed E-state index contributed by atoms with van der Waals surface area (Å²) in [5.41, 5.74) is 0.636. The Hall–Kier alpha value is -0.450. The highest BCUT2D eigenvalue weighted by molar-refractivity contribution is 9.10. The maximum absolute atomic E-state index is 13.6. The van der Waals surface area contributed by atoms with E-state index in [2.05, 4.69) is 21.2 Å². The fraction of sp³-hybridized carbons (Fsp3) is 0.538. The summed E-state index contributed by atoms with van der Waals surface area (Å²) in [5.74, 6) is -0.211. The Labute approximate surface area is 110 Å². The Morgan fingerprint density at radius 3 is 2.59 bits per heavy atom. The van der Waals surface area contributed by atoms with Crippen LogP contribution in [0.1, 0.15) is 38.8 Å². The monoisotopic (exact) mass is 303 g/mol. The lowest BCUT2D eigenvalue weighted by molar-refractivity contribution is 0.168. The van der Waals surface area contributed by atoms with Crippen molar-refractivity contribution in [1.82, 2.24) is 5.32 Å². The van der Waals surface area contributed by atoms with Crippen LogP contribution in [0.15, 0.2) is 22.7 Å². The van der Waals surface area contributed by atoms with E-state index in [1.165, 1.54) is 6.07 Å². The topological polar surface area (TPSA) is 32.3 Å². The number of hydrogen-bond donors (Lipinski definition) is 2. The fourth-order valence-electron chi connectivity index (χ4n) is 1.94. The number of benzene rings is 1. The van der Waals surface area contributed by atoms with Crippen LogP contribution < -0.4 is 5.32 Å². The molecule has 3 unspecified atom stereocenters. The minimum atomic E-state index is -0.350. The van der Waals surface area contributed by atoms with Crippen LogP contribution in [-0.4, -0.2) is 17.3 Å². The van der Waals surface area contributed by atoms with E-state index in [0.29, 0.717) is 12.0 Å². The third-order valence-electron chi connectivity index (χ3n) is 2.65. The first-order chi connectivity index (χ1) is 7.90. The maximum Gasteiger partial charge on any atom is 0.128 e. The zero-order valence-electron chi connectivity index (χ0n) is 10.4. The summed E-state index contributed by atoms with van der Waals surface area (Å²) in [6.45, 7) is 5.66. The van der Waals surface area contributed by atoms with Crippen molar-refractivity contribution in [3.63, 3.8) is 0 Å². The molecule has 0 aliphatic rings. The largest absolute Gasteiger partial charge is 0.393 e. The van der Waals surface area contributed by atoms with Crippen molar-refractivity contribution in [3.8, 4) is 0 Å². The molecule has 0 aromatic heterocycles. The number of nitrogens with one attached hydrogen (secondary N) is 1.